The number of nitrogens with zero attached hydrogens (tertiary/aromatic N) is 4. The Morgan fingerprint density at radius 1 is 0.875 bits per heavy atom. The highest BCUT2D eigenvalue weighted by Gasteiger charge is 2.21. The minimum Gasteiger partial charge on any atom is -0.346 e. The van der Waals surface area contributed by atoms with Crippen LogP contribution in [0.5, 0.6) is 0 Å². The lowest BCUT2D eigenvalue weighted by molar-refractivity contribution is 0.177. The summed E-state index contributed by atoms with van der Waals surface area (Å²) in [6.45, 7) is 8.78. The third-order valence-electron chi connectivity index (χ3n) is 5.84. The van der Waals surface area contributed by atoms with Gasteiger partial charge in [-0.05, 0) is 61.5 Å². The number of anilines is 1. The summed E-state index contributed by atoms with van der Waals surface area (Å²) in [7, 11) is 0. The third kappa shape index (κ3) is 5.31. The highest BCUT2D eigenvalue weighted by molar-refractivity contribution is 7.80. The summed E-state index contributed by atoms with van der Waals surface area (Å²) in [6.07, 6.45) is 0. The second kappa shape index (κ2) is 9.75. The molecule has 5 nitrogen and oxygen atoms in total. The average Bonchev–Trinajstić information content (AvgIpc) is 3.04. The number of nitrogens with one attached hydrogen (secondary N) is 1. The van der Waals surface area contributed by atoms with E-state index in [0.717, 1.165) is 60.9 Å². The van der Waals surface area contributed by atoms with E-state index in [1.54, 1.807) is 12.1 Å². The van der Waals surface area contributed by atoms with Crippen LogP contribution < -0.4 is 5.32 Å². The molecular formula is C24H27F2N5S. The first kappa shape index (κ1) is 22.4. The first-order chi connectivity index (χ1) is 15.4. The van der Waals surface area contributed by atoms with E-state index in [2.05, 4.69) is 20.2 Å². The van der Waals surface area contributed by atoms with Crippen LogP contribution in [0.2, 0.25) is 0 Å². The zero-order chi connectivity index (χ0) is 22.7. The van der Waals surface area contributed by atoms with E-state index in [0.29, 0.717) is 11.7 Å². The molecule has 1 N–H and O–H groups in total. The standard InChI is InChI=1S/C24H27F2N5S/c1-17-23(18(2)31(28-17)16-20-5-9-22(26)10-6-20)27-24(32)30-13-11-29(12-14-30)15-19-3-7-21(25)8-4-19/h3-10H,11-16H2,1-2H3,(H,27,32). The fourth-order valence-corrected chi connectivity index (χ4v) is 4.22. The first-order valence-electron chi connectivity index (χ1n) is 10.7. The highest BCUT2D eigenvalue weighted by atomic mass is 32.1. The van der Waals surface area contributed by atoms with E-state index in [-0.39, 0.29) is 11.6 Å². The van der Waals surface area contributed by atoms with Crippen molar-refractivity contribution in [3.8, 4) is 0 Å². The lowest BCUT2D eigenvalue weighted by Gasteiger charge is -2.36. The molecule has 1 aliphatic heterocycles. The number of piperazine rings is 1. The van der Waals surface area contributed by atoms with Crippen molar-refractivity contribution in [1.82, 2.24) is 19.6 Å². The van der Waals surface area contributed by atoms with Gasteiger partial charge in [0.25, 0.3) is 0 Å². The van der Waals surface area contributed by atoms with Crippen molar-refractivity contribution in [1.29, 1.82) is 0 Å². The fraction of sp³-hybridized carbons (Fsp3) is 0.333. The molecule has 0 atom stereocenters. The minimum absolute atomic E-state index is 0.207. The molecule has 1 fully saturated rings. The maximum Gasteiger partial charge on any atom is 0.173 e. The second-order valence-electron chi connectivity index (χ2n) is 8.15. The van der Waals surface area contributed by atoms with Crippen LogP contribution in [0.4, 0.5) is 14.5 Å². The van der Waals surface area contributed by atoms with Gasteiger partial charge in [-0.1, -0.05) is 24.3 Å². The van der Waals surface area contributed by atoms with Crippen LogP contribution in [0, 0.1) is 25.5 Å². The Kier molecular flexibility index (Phi) is 6.81. The number of rotatable bonds is 5. The summed E-state index contributed by atoms with van der Waals surface area (Å²) in [4.78, 5) is 4.52. The molecule has 0 bridgehead atoms. The molecular weight excluding hydrogens is 428 g/mol. The SMILES string of the molecule is Cc1nn(Cc2ccc(F)cc2)c(C)c1NC(=S)N1CCN(Cc2ccc(F)cc2)CC1. The Morgan fingerprint density at radius 2 is 1.41 bits per heavy atom. The number of hydrogen-bond acceptors (Lipinski definition) is 3. The van der Waals surface area contributed by atoms with Gasteiger partial charge in [-0.25, -0.2) is 8.78 Å². The van der Waals surface area contributed by atoms with E-state index < -0.39 is 0 Å². The summed E-state index contributed by atoms with van der Waals surface area (Å²) in [5.74, 6) is -0.450. The molecule has 1 aliphatic rings. The van der Waals surface area contributed by atoms with Crippen LogP contribution >= 0.6 is 12.2 Å². The summed E-state index contributed by atoms with van der Waals surface area (Å²) in [6, 6.07) is 13.2. The Hall–Kier alpha value is -2.84. The molecule has 0 spiro atoms. The second-order valence-corrected chi connectivity index (χ2v) is 8.54. The van der Waals surface area contributed by atoms with Crippen molar-refractivity contribution in [2.45, 2.75) is 26.9 Å². The molecule has 168 valence electrons. The van der Waals surface area contributed by atoms with Crippen LogP contribution in [0.25, 0.3) is 0 Å². The van der Waals surface area contributed by atoms with Gasteiger partial charge < -0.3 is 10.2 Å². The van der Waals surface area contributed by atoms with Gasteiger partial charge in [-0.3, -0.25) is 9.58 Å². The predicted molar refractivity (Wildman–Crippen MR) is 127 cm³/mol. The van der Waals surface area contributed by atoms with Crippen LogP contribution in [-0.2, 0) is 13.1 Å². The van der Waals surface area contributed by atoms with Crippen LogP contribution in [-0.4, -0.2) is 50.9 Å². The largest absolute Gasteiger partial charge is 0.346 e. The molecule has 0 unspecified atom stereocenters. The first-order valence-corrected chi connectivity index (χ1v) is 11.1. The van der Waals surface area contributed by atoms with Crippen molar-refractivity contribution in [2.24, 2.45) is 0 Å². The van der Waals surface area contributed by atoms with E-state index in [1.807, 2.05) is 30.7 Å². The third-order valence-corrected chi connectivity index (χ3v) is 6.20. The average molecular weight is 456 g/mol. The van der Waals surface area contributed by atoms with Crippen molar-refractivity contribution < 1.29 is 8.78 Å². The minimum atomic E-state index is -0.243. The van der Waals surface area contributed by atoms with Gasteiger partial charge in [-0.2, -0.15) is 5.10 Å². The molecule has 1 aromatic heterocycles. The van der Waals surface area contributed by atoms with Gasteiger partial charge in [0.1, 0.15) is 11.6 Å². The molecule has 32 heavy (non-hydrogen) atoms. The number of thiocarbonyl (C=S) groups is 1. The Labute approximate surface area is 192 Å². The number of aryl methyl sites for hydroxylation is 1. The summed E-state index contributed by atoms with van der Waals surface area (Å²) in [5, 5.41) is 8.72. The van der Waals surface area contributed by atoms with Gasteiger partial charge in [0.15, 0.2) is 5.11 Å². The topological polar surface area (TPSA) is 36.3 Å². The van der Waals surface area contributed by atoms with E-state index in [4.69, 9.17) is 12.2 Å². The van der Waals surface area contributed by atoms with E-state index >= 15 is 0 Å². The van der Waals surface area contributed by atoms with Gasteiger partial charge in [0.2, 0.25) is 0 Å². The van der Waals surface area contributed by atoms with Gasteiger partial charge >= 0.3 is 0 Å². The van der Waals surface area contributed by atoms with Crippen molar-refractivity contribution in [3.05, 3.63) is 82.7 Å². The summed E-state index contributed by atoms with van der Waals surface area (Å²) >= 11 is 5.69. The fourth-order valence-electron chi connectivity index (χ4n) is 3.94. The smallest absolute Gasteiger partial charge is 0.173 e. The molecule has 1 saturated heterocycles. The van der Waals surface area contributed by atoms with Crippen molar-refractivity contribution in [2.75, 3.05) is 31.5 Å². The quantitative estimate of drug-likeness (QED) is 0.579. The van der Waals surface area contributed by atoms with Crippen LogP contribution in [0.1, 0.15) is 22.5 Å². The molecule has 0 radical (unpaired) electrons. The highest BCUT2D eigenvalue weighted by Crippen LogP contribution is 2.21. The molecule has 8 heteroatoms. The number of benzene rings is 2. The molecule has 3 aromatic rings. The normalized spacial score (nSPS) is 14.6. The van der Waals surface area contributed by atoms with Crippen LogP contribution in [0.15, 0.2) is 48.5 Å². The Balaban J connectivity index is 1.33. The lowest BCUT2D eigenvalue weighted by atomic mass is 10.2. The van der Waals surface area contributed by atoms with Gasteiger partial charge in [-0.15, -0.1) is 0 Å². The Morgan fingerprint density at radius 3 is 1.97 bits per heavy atom. The molecule has 2 aromatic carbocycles. The monoisotopic (exact) mass is 455 g/mol. The van der Waals surface area contributed by atoms with Crippen LogP contribution in [0.3, 0.4) is 0 Å². The lowest BCUT2D eigenvalue weighted by Crippen LogP contribution is -2.49. The van der Waals surface area contributed by atoms with Crippen molar-refractivity contribution >= 4 is 23.0 Å². The Bertz CT molecular complexity index is 1070. The number of halogens is 2. The van der Waals surface area contributed by atoms with E-state index in [9.17, 15) is 8.78 Å². The zero-order valence-corrected chi connectivity index (χ0v) is 19.1. The van der Waals surface area contributed by atoms with Gasteiger partial charge in [0.05, 0.1) is 23.6 Å². The molecule has 0 amide bonds. The predicted octanol–water partition coefficient (Wildman–Crippen LogP) is 4.34. The number of aromatic nitrogens is 2. The molecule has 4 rings (SSSR count). The van der Waals surface area contributed by atoms with Gasteiger partial charge in [0, 0.05) is 32.7 Å². The molecule has 2 heterocycles. The number of hydrogen-bond donors (Lipinski definition) is 1. The molecule has 0 saturated carbocycles. The maximum absolute atomic E-state index is 13.2. The summed E-state index contributed by atoms with van der Waals surface area (Å²) < 4.78 is 28.2. The van der Waals surface area contributed by atoms with Crippen molar-refractivity contribution in [3.63, 3.8) is 0 Å². The zero-order valence-electron chi connectivity index (χ0n) is 18.3. The van der Waals surface area contributed by atoms with E-state index in [1.165, 1.54) is 24.3 Å². The molecule has 0 aliphatic carbocycles. The summed E-state index contributed by atoms with van der Waals surface area (Å²) in [5.41, 5.74) is 4.89. The maximum atomic E-state index is 13.2.